The molecule has 0 bridgehead atoms. The maximum absolute atomic E-state index is 12.8. The van der Waals surface area contributed by atoms with Crippen LogP contribution in [0.2, 0.25) is 0 Å². The number of alkyl halides is 3. The molecule has 7 heteroatoms. The first-order valence-corrected chi connectivity index (χ1v) is 7.25. The molecule has 1 unspecified atom stereocenters. The van der Waals surface area contributed by atoms with Crippen LogP contribution in [0.5, 0.6) is 0 Å². The summed E-state index contributed by atoms with van der Waals surface area (Å²) in [5.41, 5.74) is 4.72. The van der Waals surface area contributed by atoms with Crippen molar-refractivity contribution >= 4 is 23.0 Å². The average Bonchev–Trinajstić information content (AvgIpc) is 2.88. The van der Waals surface area contributed by atoms with Gasteiger partial charge in [-0.25, -0.2) is 4.98 Å². The maximum atomic E-state index is 12.8. The molecule has 0 saturated carbocycles. The van der Waals surface area contributed by atoms with E-state index in [1.165, 1.54) is 4.88 Å². The molecule has 2 rings (SSSR count). The standard InChI is InChI=1S/C14H16F3N3S/c1-9(6-11-4-3-5-21-11)20(2)13-8-10(14(15,16)17)7-12(18)19-13/h3-5,7-9H,6H2,1-2H3,(H2,18,19). The topological polar surface area (TPSA) is 42.1 Å². The minimum Gasteiger partial charge on any atom is -0.384 e. The Morgan fingerprint density at radius 3 is 2.67 bits per heavy atom. The predicted molar refractivity (Wildman–Crippen MR) is 79.5 cm³/mol. The maximum Gasteiger partial charge on any atom is 0.416 e. The lowest BCUT2D eigenvalue weighted by molar-refractivity contribution is -0.137. The molecule has 0 fully saturated rings. The van der Waals surface area contributed by atoms with E-state index in [0.717, 1.165) is 18.6 Å². The van der Waals surface area contributed by atoms with Gasteiger partial charge in [0.05, 0.1) is 5.56 Å². The molecule has 0 aliphatic carbocycles. The van der Waals surface area contributed by atoms with Crippen LogP contribution in [0.4, 0.5) is 24.8 Å². The summed E-state index contributed by atoms with van der Waals surface area (Å²) in [6.07, 6.45) is -3.68. The first-order chi connectivity index (χ1) is 9.77. The van der Waals surface area contributed by atoms with E-state index in [9.17, 15) is 13.2 Å². The quantitative estimate of drug-likeness (QED) is 0.933. The van der Waals surface area contributed by atoms with Crippen LogP contribution in [0.25, 0.3) is 0 Å². The van der Waals surface area contributed by atoms with E-state index < -0.39 is 11.7 Å². The van der Waals surface area contributed by atoms with Gasteiger partial charge in [-0.3, -0.25) is 0 Å². The highest BCUT2D eigenvalue weighted by Gasteiger charge is 2.32. The number of anilines is 2. The molecule has 114 valence electrons. The number of halogens is 3. The minimum atomic E-state index is -4.43. The number of thiophene rings is 1. The van der Waals surface area contributed by atoms with Gasteiger partial charge in [-0.1, -0.05) is 6.07 Å². The van der Waals surface area contributed by atoms with Gasteiger partial charge in [-0.2, -0.15) is 13.2 Å². The van der Waals surface area contributed by atoms with Crippen molar-refractivity contribution in [2.75, 3.05) is 17.7 Å². The summed E-state index contributed by atoms with van der Waals surface area (Å²) in [5, 5.41) is 1.97. The third kappa shape index (κ3) is 3.87. The fourth-order valence-electron chi connectivity index (χ4n) is 1.96. The molecule has 0 aliphatic rings. The fourth-order valence-corrected chi connectivity index (χ4v) is 2.79. The molecule has 2 aromatic heterocycles. The third-order valence-electron chi connectivity index (χ3n) is 3.26. The summed E-state index contributed by atoms with van der Waals surface area (Å²) in [6.45, 7) is 1.94. The highest BCUT2D eigenvalue weighted by atomic mass is 32.1. The number of nitrogens with two attached hydrogens (primary N) is 1. The van der Waals surface area contributed by atoms with Crippen LogP contribution >= 0.6 is 11.3 Å². The van der Waals surface area contributed by atoms with Gasteiger partial charge >= 0.3 is 6.18 Å². The zero-order valence-corrected chi connectivity index (χ0v) is 12.5. The molecule has 3 nitrogen and oxygen atoms in total. The lowest BCUT2D eigenvalue weighted by atomic mass is 10.1. The SMILES string of the molecule is CC(Cc1cccs1)N(C)c1cc(C(F)(F)F)cc(N)n1. The Labute approximate surface area is 125 Å². The van der Waals surface area contributed by atoms with Gasteiger partial charge in [0, 0.05) is 24.4 Å². The normalized spacial score (nSPS) is 13.2. The molecule has 0 spiro atoms. The highest BCUT2D eigenvalue weighted by Crippen LogP contribution is 2.32. The van der Waals surface area contributed by atoms with Crippen LogP contribution in [0.3, 0.4) is 0 Å². The highest BCUT2D eigenvalue weighted by molar-refractivity contribution is 7.09. The summed E-state index contributed by atoms with van der Waals surface area (Å²) in [5.74, 6) is 0.0985. The number of pyridine rings is 1. The second-order valence-corrected chi connectivity index (χ2v) is 5.91. The van der Waals surface area contributed by atoms with Crippen LogP contribution in [0.1, 0.15) is 17.4 Å². The Kier molecular flexibility index (Phi) is 4.41. The van der Waals surface area contributed by atoms with Crippen molar-refractivity contribution in [3.63, 3.8) is 0 Å². The van der Waals surface area contributed by atoms with E-state index in [4.69, 9.17) is 5.73 Å². The van der Waals surface area contributed by atoms with Gasteiger partial charge < -0.3 is 10.6 Å². The van der Waals surface area contributed by atoms with E-state index >= 15 is 0 Å². The predicted octanol–water partition coefficient (Wildman–Crippen LogP) is 3.81. The molecule has 2 aromatic rings. The van der Waals surface area contributed by atoms with Crippen molar-refractivity contribution in [1.82, 2.24) is 4.98 Å². The van der Waals surface area contributed by atoms with E-state index in [1.54, 1.807) is 23.3 Å². The Morgan fingerprint density at radius 2 is 2.10 bits per heavy atom. The molecule has 2 heterocycles. The number of nitrogens with zero attached hydrogens (tertiary/aromatic N) is 2. The average molecular weight is 315 g/mol. The van der Waals surface area contributed by atoms with Gasteiger partial charge in [0.1, 0.15) is 11.6 Å². The molecular formula is C14H16F3N3S. The monoisotopic (exact) mass is 315 g/mol. The molecule has 0 aliphatic heterocycles. The minimum absolute atomic E-state index is 0.0130. The Bertz CT molecular complexity index is 596. The van der Waals surface area contributed by atoms with Crippen LogP contribution in [-0.4, -0.2) is 18.1 Å². The van der Waals surface area contributed by atoms with E-state index in [1.807, 2.05) is 24.4 Å². The van der Waals surface area contributed by atoms with Gasteiger partial charge in [0.2, 0.25) is 0 Å². The number of likely N-dealkylation sites (N-methyl/N-ethyl adjacent to an activating group) is 1. The largest absolute Gasteiger partial charge is 0.416 e. The van der Waals surface area contributed by atoms with Gasteiger partial charge in [0.15, 0.2) is 0 Å². The van der Waals surface area contributed by atoms with Crippen molar-refractivity contribution in [2.45, 2.75) is 25.6 Å². The Balaban J connectivity index is 2.22. The van der Waals surface area contributed by atoms with Gasteiger partial charge in [-0.05, 0) is 30.5 Å². The molecule has 21 heavy (non-hydrogen) atoms. The van der Waals surface area contributed by atoms with E-state index in [-0.39, 0.29) is 17.7 Å². The van der Waals surface area contributed by atoms with Crippen molar-refractivity contribution < 1.29 is 13.2 Å². The third-order valence-corrected chi connectivity index (χ3v) is 4.16. The fraction of sp³-hybridized carbons (Fsp3) is 0.357. The van der Waals surface area contributed by atoms with Crippen LogP contribution in [0, 0.1) is 0 Å². The number of aromatic nitrogens is 1. The second kappa shape index (κ2) is 5.93. The molecule has 0 radical (unpaired) electrons. The number of rotatable bonds is 4. The van der Waals surface area contributed by atoms with Crippen molar-refractivity contribution in [2.24, 2.45) is 0 Å². The summed E-state index contributed by atoms with van der Waals surface area (Å²) in [7, 11) is 1.72. The first-order valence-electron chi connectivity index (χ1n) is 6.37. The van der Waals surface area contributed by atoms with Crippen LogP contribution in [0.15, 0.2) is 29.6 Å². The zero-order valence-electron chi connectivity index (χ0n) is 11.7. The van der Waals surface area contributed by atoms with E-state index in [0.29, 0.717) is 0 Å². The number of hydrogen-bond donors (Lipinski definition) is 1. The summed E-state index contributed by atoms with van der Waals surface area (Å²) >= 11 is 1.62. The summed E-state index contributed by atoms with van der Waals surface area (Å²) < 4.78 is 38.5. The smallest absolute Gasteiger partial charge is 0.384 e. The number of nitrogen functional groups attached to an aromatic ring is 1. The van der Waals surface area contributed by atoms with Crippen molar-refractivity contribution in [1.29, 1.82) is 0 Å². The lowest BCUT2D eigenvalue weighted by Crippen LogP contribution is -2.31. The summed E-state index contributed by atoms with van der Waals surface area (Å²) in [4.78, 5) is 6.89. The Hall–Kier alpha value is -1.76. The van der Waals surface area contributed by atoms with Crippen molar-refractivity contribution in [3.05, 3.63) is 40.1 Å². The second-order valence-electron chi connectivity index (χ2n) is 4.88. The van der Waals surface area contributed by atoms with Gasteiger partial charge in [-0.15, -0.1) is 11.3 Å². The lowest BCUT2D eigenvalue weighted by Gasteiger charge is -2.26. The molecule has 0 saturated heterocycles. The Morgan fingerprint density at radius 1 is 1.38 bits per heavy atom. The summed E-state index contributed by atoms with van der Waals surface area (Å²) in [6, 6.07) is 5.85. The number of hydrogen-bond acceptors (Lipinski definition) is 4. The molecule has 1 atom stereocenters. The molecule has 0 aromatic carbocycles. The van der Waals surface area contributed by atoms with E-state index in [2.05, 4.69) is 4.98 Å². The molecule has 2 N–H and O–H groups in total. The van der Waals surface area contributed by atoms with Gasteiger partial charge in [0.25, 0.3) is 0 Å². The molecular weight excluding hydrogens is 299 g/mol. The van der Waals surface area contributed by atoms with Crippen molar-refractivity contribution in [3.8, 4) is 0 Å². The van der Waals surface area contributed by atoms with Crippen LogP contribution in [-0.2, 0) is 12.6 Å². The van der Waals surface area contributed by atoms with Crippen LogP contribution < -0.4 is 10.6 Å². The molecule has 0 amide bonds. The zero-order chi connectivity index (χ0) is 15.6. The first kappa shape index (κ1) is 15.6.